The van der Waals surface area contributed by atoms with Gasteiger partial charge in [-0.2, -0.15) is 15.0 Å². The highest BCUT2D eigenvalue weighted by Crippen LogP contribution is 2.24. The van der Waals surface area contributed by atoms with Crippen molar-refractivity contribution in [3.8, 4) is 0 Å². The van der Waals surface area contributed by atoms with E-state index in [0.29, 0.717) is 29.1 Å². The van der Waals surface area contributed by atoms with Gasteiger partial charge in [-0.25, -0.2) is 0 Å². The standard InChI is InChI=1S/C28H33N7O2/c36-24(20-25(37)29-22-10-4-1-5-11-22)21-12-14-23(15-13-21)30-26-31-27(34-16-6-2-7-17-34)33-28(32-26)35-18-8-3-9-19-35/h1,4-5,10-15H,2-3,6-9,16-20H2,(H,29,37)(H,30,31,32,33). The number of carbonyl (C=O) groups is 2. The number of carbonyl (C=O) groups excluding carboxylic acids is 2. The van der Waals surface area contributed by atoms with Crippen LogP contribution in [0.2, 0.25) is 0 Å². The van der Waals surface area contributed by atoms with E-state index in [4.69, 9.17) is 15.0 Å². The molecule has 0 spiro atoms. The molecule has 9 nitrogen and oxygen atoms in total. The summed E-state index contributed by atoms with van der Waals surface area (Å²) in [7, 11) is 0. The van der Waals surface area contributed by atoms with Crippen molar-refractivity contribution in [2.45, 2.75) is 44.9 Å². The number of piperidine rings is 2. The van der Waals surface area contributed by atoms with Crippen LogP contribution in [-0.4, -0.2) is 52.8 Å². The number of nitrogens with zero attached hydrogens (tertiary/aromatic N) is 5. The van der Waals surface area contributed by atoms with E-state index >= 15 is 0 Å². The number of benzene rings is 2. The van der Waals surface area contributed by atoms with Crippen LogP contribution in [0.3, 0.4) is 0 Å². The van der Waals surface area contributed by atoms with Crippen molar-refractivity contribution in [1.29, 1.82) is 0 Å². The Morgan fingerprint density at radius 2 is 1.24 bits per heavy atom. The van der Waals surface area contributed by atoms with Crippen molar-refractivity contribution in [2.24, 2.45) is 0 Å². The van der Waals surface area contributed by atoms with Crippen LogP contribution in [0.15, 0.2) is 54.6 Å². The number of hydrogen-bond donors (Lipinski definition) is 2. The third kappa shape index (κ3) is 6.61. The van der Waals surface area contributed by atoms with E-state index in [2.05, 4.69) is 20.4 Å². The van der Waals surface area contributed by atoms with Gasteiger partial charge in [0.1, 0.15) is 0 Å². The molecule has 2 aromatic carbocycles. The molecule has 0 radical (unpaired) electrons. The lowest BCUT2D eigenvalue weighted by Gasteiger charge is -2.30. The van der Waals surface area contributed by atoms with Crippen molar-refractivity contribution in [3.63, 3.8) is 0 Å². The molecule has 9 heteroatoms. The molecular weight excluding hydrogens is 466 g/mol. The van der Waals surface area contributed by atoms with Gasteiger partial charge in [0.25, 0.3) is 0 Å². The summed E-state index contributed by atoms with van der Waals surface area (Å²) in [6.45, 7) is 3.82. The molecule has 0 atom stereocenters. The summed E-state index contributed by atoms with van der Waals surface area (Å²) in [6.07, 6.45) is 6.85. The maximum atomic E-state index is 12.6. The van der Waals surface area contributed by atoms with Gasteiger partial charge >= 0.3 is 0 Å². The van der Waals surface area contributed by atoms with Gasteiger partial charge in [-0.05, 0) is 74.9 Å². The molecular formula is C28H33N7O2. The molecule has 5 rings (SSSR count). The Hall–Kier alpha value is -4.01. The van der Waals surface area contributed by atoms with Crippen molar-refractivity contribution >= 4 is 40.9 Å². The number of Topliss-reactive ketones (excluding diaryl/α,β-unsaturated/α-hetero) is 1. The topological polar surface area (TPSA) is 103 Å². The number of rotatable bonds is 8. The summed E-state index contributed by atoms with van der Waals surface area (Å²) in [6, 6.07) is 16.2. The van der Waals surface area contributed by atoms with E-state index in [-0.39, 0.29) is 18.1 Å². The molecule has 2 fully saturated rings. The van der Waals surface area contributed by atoms with E-state index in [0.717, 1.165) is 57.5 Å². The Balaban J connectivity index is 1.27. The van der Waals surface area contributed by atoms with E-state index in [9.17, 15) is 9.59 Å². The van der Waals surface area contributed by atoms with Crippen LogP contribution in [0.5, 0.6) is 0 Å². The Kier molecular flexibility index (Phi) is 7.88. The van der Waals surface area contributed by atoms with E-state index in [1.807, 2.05) is 30.3 Å². The Morgan fingerprint density at radius 3 is 1.81 bits per heavy atom. The minimum atomic E-state index is -0.334. The Bertz CT molecular complexity index is 1170. The maximum absolute atomic E-state index is 12.6. The molecule has 0 aliphatic carbocycles. The number of hydrogen-bond acceptors (Lipinski definition) is 8. The highest BCUT2D eigenvalue weighted by Gasteiger charge is 2.20. The molecule has 0 unspecified atom stereocenters. The van der Waals surface area contributed by atoms with Crippen molar-refractivity contribution in [2.75, 3.05) is 46.6 Å². The molecule has 1 amide bonds. The lowest BCUT2D eigenvalue weighted by molar-refractivity contribution is -0.115. The number of amides is 1. The largest absolute Gasteiger partial charge is 0.341 e. The van der Waals surface area contributed by atoms with Crippen molar-refractivity contribution in [1.82, 2.24) is 15.0 Å². The van der Waals surface area contributed by atoms with Gasteiger partial charge in [-0.15, -0.1) is 0 Å². The zero-order valence-corrected chi connectivity index (χ0v) is 21.0. The summed E-state index contributed by atoms with van der Waals surface area (Å²) in [4.78, 5) is 43.7. The van der Waals surface area contributed by atoms with Gasteiger partial charge < -0.3 is 20.4 Å². The second-order valence-corrected chi connectivity index (χ2v) is 9.57. The van der Waals surface area contributed by atoms with Crippen LogP contribution >= 0.6 is 0 Å². The number of ketones is 1. The molecule has 0 saturated carbocycles. The van der Waals surface area contributed by atoms with Crippen LogP contribution < -0.4 is 20.4 Å². The highest BCUT2D eigenvalue weighted by molar-refractivity contribution is 6.11. The maximum Gasteiger partial charge on any atom is 0.233 e. The average Bonchev–Trinajstić information content (AvgIpc) is 2.95. The second kappa shape index (κ2) is 11.8. The summed E-state index contributed by atoms with van der Waals surface area (Å²) in [5, 5.41) is 6.04. The van der Waals surface area contributed by atoms with Crippen molar-refractivity contribution in [3.05, 3.63) is 60.2 Å². The minimum Gasteiger partial charge on any atom is -0.341 e. The smallest absolute Gasteiger partial charge is 0.233 e. The first-order valence-electron chi connectivity index (χ1n) is 13.2. The molecule has 37 heavy (non-hydrogen) atoms. The molecule has 1 aromatic heterocycles. The molecule has 2 aliphatic rings. The molecule has 3 aromatic rings. The monoisotopic (exact) mass is 499 g/mol. The SMILES string of the molecule is O=C(CC(=O)c1ccc(Nc2nc(N3CCCCC3)nc(N3CCCCC3)n2)cc1)Nc1ccccc1. The van der Waals surface area contributed by atoms with Gasteiger partial charge in [0.15, 0.2) is 5.78 Å². The van der Waals surface area contributed by atoms with E-state index < -0.39 is 0 Å². The molecule has 0 bridgehead atoms. The fraction of sp³-hybridized carbons (Fsp3) is 0.393. The fourth-order valence-corrected chi connectivity index (χ4v) is 4.72. The third-order valence-corrected chi connectivity index (χ3v) is 6.73. The molecule has 2 N–H and O–H groups in total. The third-order valence-electron chi connectivity index (χ3n) is 6.73. The molecule has 192 valence electrons. The number of para-hydroxylation sites is 1. The summed E-state index contributed by atoms with van der Waals surface area (Å²) >= 11 is 0. The quantitative estimate of drug-likeness (QED) is 0.336. The van der Waals surface area contributed by atoms with Gasteiger partial charge in [-0.3, -0.25) is 9.59 Å². The van der Waals surface area contributed by atoms with Crippen LogP contribution in [0, 0.1) is 0 Å². The van der Waals surface area contributed by atoms with Gasteiger partial charge in [0.2, 0.25) is 23.8 Å². The first-order chi connectivity index (χ1) is 18.1. The van der Waals surface area contributed by atoms with Gasteiger partial charge in [-0.1, -0.05) is 18.2 Å². The summed E-state index contributed by atoms with van der Waals surface area (Å²) < 4.78 is 0. The fourth-order valence-electron chi connectivity index (χ4n) is 4.72. The summed E-state index contributed by atoms with van der Waals surface area (Å²) in [5.74, 6) is 1.36. The highest BCUT2D eigenvalue weighted by atomic mass is 16.2. The first-order valence-corrected chi connectivity index (χ1v) is 13.2. The van der Waals surface area contributed by atoms with Gasteiger partial charge in [0, 0.05) is 43.1 Å². The Labute approximate surface area is 217 Å². The van der Waals surface area contributed by atoms with E-state index in [1.54, 1.807) is 24.3 Å². The molecule has 3 heterocycles. The zero-order valence-electron chi connectivity index (χ0n) is 21.0. The lowest BCUT2D eigenvalue weighted by atomic mass is 10.1. The Morgan fingerprint density at radius 1 is 0.676 bits per heavy atom. The van der Waals surface area contributed by atoms with Gasteiger partial charge in [0.05, 0.1) is 6.42 Å². The van der Waals surface area contributed by atoms with Crippen LogP contribution in [-0.2, 0) is 4.79 Å². The second-order valence-electron chi connectivity index (χ2n) is 9.57. The number of nitrogens with one attached hydrogen (secondary N) is 2. The van der Waals surface area contributed by atoms with Crippen molar-refractivity contribution < 1.29 is 9.59 Å². The lowest BCUT2D eigenvalue weighted by Crippen LogP contribution is -2.34. The van der Waals surface area contributed by atoms with Crippen LogP contribution in [0.1, 0.15) is 55.3 Å². The first kappa shape index (κ1) is 24.7. The number of anilines is 5. The molecule has 2 aliphatic heterocycles. The summed E-state index contributed by atoms with van der Waals surface area (Å²) in [5.41, 5.74) is 1.92. The minimum absolute atomic E-state index is 0.215. The molecule has 2 saturated heterocycles. The predicted octanol–water partition coefficient (Wildman–Crippen LogP) is 4.81. The average molecular weight is 500 g/mol. The predicted molar refractivity (Wildman–Crippen MR) is 146 cm³/mol. The zero-order chi connectivity index (χ0) is 25.5. The normalized spacial score (nSPS) is 15.8. The van der Waals surface area contributed by atoms with Crippen LogP contribution in [0.25, 0.3) is 0 Å². The van der Waals surface area contributed by atoms with E-state index in [1.165, 1.54) is 12.8 Å². The van der Waals surface area contributed by atoms with Crippen LogP contribution in [0.4, 0.5) is 29.2 Å². The number of aromatic nitrogens is 3.